The standard InChI is InChI=1S/C16H28N2O/c19-16(7-6-14-4-2-1-3-5-14)18-13-10-15-8-11-17-12-9-15/h8,14,17H,1-7,9-13H2,(H,18,19). The van der Waals surface area contributed by atoms with Crippen LogP contribution in [0.5, 0.6) is 0 Å². The van der Waals surface area contributed by atoms with Crippen molar-refractivity contribution in [2.45, 2.75) is 57.8 Å². The summed E-state index contributed by atoms with van der Waals surface area (Å²) in [6.45, 7) is 2.89. The summed E-state index contributed by atoms with van der Waals surface area (Å²) in [4.78, 5) is 11.8. The van der Waals surface area contributed by atoms with Crippen molar-refractivity contribution in [2.24, 2.45) is 5.92 Å². The van der Waals surface area contributed by atoms with Crippen LogP contribution in [0, 0.1) is 5.92 Å². The Morgan fingerprint density at radius 3 is 2.89 bits per heavy atom. The van der Waals surface area contributed by atoms with E-state index in [0.717, 1.165) is 51.2 Å². The third kappa shape index (κ3) is 5.77. The minimum atomic E-state index is 0.250. The van der Waals surface area contributed by atoms with Gasteiger partial charge in [-0.15, -0.1) is 0 Å². The lowest BCUT2D eigenvalue weighted by atomic mass is 9.86. The van der Waals surface area contributed by atoms with Crippen LogP contribution in [-0.2, 0) is 4.79 Å². The van der Waals surface area contributed by atoms with Crippen molar-refractivity contribution >= 4 is 5.91 Å². The molecule has 1 aliphatic heterocycles. The van der Waals surface area contributed by atoms with E-state index in [-0.39, 0.29) is 5.91 Å². The van der Waals surface area contributed by atoms with Crippen LogP contribution in [0.4, 0.5) is 0 Å². The zero-order chi connectivity index (χ0) is 13.3. The van der Waals surface area contributed by atoms with Gasteiger partial charge in [0, 0.05) is 19.5 Å². The van der Waals surface area contributed by atoms with Gasteiger partial charge >= 0.3 is 0 Å². The van der Waals surface area contributed by atoms with Crippen molar-refractivity contribution < 1.29 is 4.79 Å². The predicted octanol–water partition coefficient (Wildman–Crippen LogP) is 2.77. The summed E-state index contributed by atoms with van der Waals surface area (Å²) in [5, 5.41) is 6.38. The normalized spacial score (nSPS) is 20.9. The molecule has 1 heterocycles. The molecule has 0 aromatic rings. The third-order valence-corrected chi connectivity index (χ3v) is 4.43. The fourth-order valence-electron chi connectivity index (χ4n) is 3.16. The van der Waals surface area contributed by atoms with Crippen molar-refractivity contribution in [1.29, 1.82) is 0 Å². The molecule has 0 unspecified atom stereocenters. The number of carbonyl (C=O) groups is 1. The molecule has 108 valence electrons. The average Bonchev–Trinajstić information content (AvgIpc) is 2.47. The summed E-state index contributed by atoms with van der Waals surface area (Å²) >= 11 is 0. The molecule has 0 saturated heterocycles. The number of nitrogens with one attached hydrogen (secondary N) is 2. The number of hydrogen-bond acceptors (Lipinski definition) is 2. The highest BCUT2D eigenvalue weighted by Crippen LogP contribution is 2.27. The van der Waals surface area contributed by atoms with Crippen LogP contribution in [0.3, 0.4) is 0 Å². The van der Waals surface area contributed by atoms with Gasteiger partial charge in [0.25, 0.3) is 0 Å². The van der Waals surface area contributed by atoms with Crippen molar-refractivity contribution in [2.75, 3.05) is 19.6 Å². The first-order chi connectivity index (χ1) is 9.34. The van der Waals surface area contributed by atoms with E-state index in [1.165, 1.54) is 37.7 Å². The Morgan fingerprint density at radius 1 is 1.32 bits per heavy atom. The quantitative estimate of drug-likeness (QED) is 0.724. The summed E-state index contributed by atoms with van der Waals surface area (Å²) in [5.41, 5.74) is 1.49. The van der Waals surface area contributed by atoms with Crippen LogP contribution in [0.1, 0.15) is 57.8 Å². The van der Waals surface area contributed by atoms with Gasteiger partial charge in [0.15, 0.2) is 0 Å². The van der Waals surface area contributed by atoms with E-state index in [9.17, 15) is 4.79 Å². The molecule has 2 N–H and O–H groups in total. The lowest BCUT2D eigenvalue weighted by Crippen LogP contribution is -2.27. The van der Waals surface area contributed by atoms with E-state index in [2.05, 4.69) is 16.7 Å². The molecule has 2 aliphatic rings. The maximum absolute atomic E-state index is 11.8. The smallest absolute Gasteiger partial charge is 0.220 e. The Balaban J connectivity index is 1.52. The van der Waals surface area contributed by atoms with Crippen LogP contribution >= 0.6 is 0 Å². The number of hydrogen-bond donors (Lipinski definition) is 2. The molecule has 1 aliphatic carbocycles. The maximum Gasteiger partial charge on any atom is 0.220 e. The average molecular weight is 264 g/mol. The van der Waals surface area contributed by atoms with E-state index < -0.39 is 0 Å². The summed E-state index contributed by atoms with van der Waals surface area (Å²) in [6.07, 6.45) is 13.1. The van der Waals surface area contributed by atoms with E-state index in [4.69, 9.17) is 0 Å². The van der Waals surface area contributed by atoms with Gasteiger partial charge in [-0.05, 0) is 31.7 Å². The van der Waals surface area contributed by atoms with Crippen LogP contribution in [0.25, 0.3) is 0 Å². The van der Waals surface area contributed by atoms with E-state index in [0.29, 0.717) is 0 Å². The molecule has 19 heavy (non-hydrogen) atoms. The zero-order valence-electron chi connectivity index (χ0n) is 12.0. The Bertz CT molecular complexity index is 306. The largest absolute Gasteiger partial charge is 0.356 e. The lowest BCUT2D eigenvalue weighted by Gasteiger charge is -2.21. The molecule has 3 heteroatoms. The van der Waals surface area contributed by atoms with Gasteiger partial charge in [0.05, 0.1) is 0 Å². The lowest BCUT2D eigenvalue weighted by molar-refractivity contribution is -0.121. The first-order valence-corrected chi connectivity index (χ1v) is 8.00. The van der Waals surface area contributed by atoms with Gasteiger partial charge in [-0.25, -0.2) is 0 Å². The third-order valence-electron chi connectivity index (χ3n) is 4.43. The molecule has 2 rings (SSSR count). The molecule has 0 bridgehead atoms. The Hall–Kier alpha value is -0.830. The first kappa shape index (κ1) is 14.6. The minimum Gasteiger partial charge on any atom is -0.356 e. The summed E-state index contributed by atoms with van der Waals surface area (Å²) in [6, 6.07) is 0. The Morgan fingerprint density at radius 2 is 2.16 bits per heavy atom. The van der Waals surface area contributed by atoms with Gasteiger partial charge in [0.1, 0.15) is 0 Å². The van der Waals surface area contributed by atoms with Gasteiger partial charge < -0.3 is 10.6 Å². The van der Waals surface area contributed by atoms with Gasteiger partial charge in [0.2, 0.25) is 5.91 Å². The molecule has 0 atom stereocenters. The molecule has 0 radical (unpaired) electrons. The highest BCUT2D eigenvalue weighted by Gasteiger charge is 2.14. The van der Waals surface area contributed by atoms with Crippen molar-refractivity contribution in [3.63, 3.8) is 0 Å². The summed E-state index contributed by atoms with van der Waals surface area (Å²) in [5.74, 6) is 1.06. The second kappa shape index (κ2) is 8.36. The molecule has 0 aromatic heterocycles. The molecule has 0 aromatic carbocycles. The van der Waals surface area contributed by atoms with Crippen LogP contribution in [0.2, 0.25) is 0 Å². The van der Waals surface area contributed by atoms with Crippen LogP contribution in [-0.4, -0.2) is 25.5 Å². The fourth-order valence-corrected chi connectivity index (χ4v) is 3.16. The molecular formula is C16H28N2O. The SMILES string of the molecule is O=C(CCC1CCCCC1)NCCC1=CCNCC1. The van der Waals surface area contributed by atoms with Crippen LogP contribution < -0.4 is 10.6 Å². The second-order valence-corrected chi connectivity index (χ2v) is 5.96. The van der Waals surface area contributed by atoms with Gasteiger partial charge in [-0.1, -0.05) is 43.8 Å². The molecule has 1 fully saturated rings. The molecule has 1 saturated carbocycles. The van der Waals surface area contributed by atoms with Crippen molar-refractivity contribution in [1.82, 2.24) is 10.6 Å². The fraction of sp³-hybridized carbons (Fsp3) is 0.812. The topological polar surface area (TPSA) is 41.1 Å². The molecule has 1 amide bonds. The Kier molecular flexibility index (Phi) is 6.42. The predicted molar refractivity (Wildman–Crippen MR) is 79.0 cm³/mol. The molecule has 3 nitrogen and oxygen atoms in total. The van der Waals surface area contributed by atoms with Crippen LogP contribution in [0.15, 0.2) is 11.6 Å². The zero-order valence-corrected chi connectivity index (χ0v) is 12.0. The van der Waals surface area contributed by atoms with Crippen molar-refractivity contribution in [3.05, 3.63) is 11.6 Å². The van der Waals surface area contributed by atoms with Gasteiger partial charge in [-0.2, -0.15) is 0 Å². The highest BCUT2D eigenvalue weighted by molar-refractivity contribution is 5.75. The number of carbonyl (C=O) groups excluding carboxylic acids is 1. The minimum absolute atomic E-state index is 0.250. The van der Waals surface area contributed by atoms with E-state index in [1.807, 2.05) is 0 Å². The number of rotatable bonds is 6. The van der Waals surface area contributed by atoms with Gasteiger partial charge in [-0.3, -0.25) is 4.79 Å². The summed E-state index contributed by atoms with van der Waals surface area (Å²) < 4.78 is 0. The van der Waals surface area contributed by atoms with E-state index >= 15 is 0 Å². The molecular weight excluding hydrogens is 236 g/mol. The van der Waals surface area contributed by atoms with Crippen molar-refractivity contribution in [3.8, 4) is 0 Å². The Labute approximate surface area is 117 Å². The first-order valence-electron chi connectivity index (χ1n) is 8.00. The number of amides is 1. The van der Waals surface area contributed by atoms with E-state index in [1.54, 1.807) is 0 Å². The monoisotopic (exact) mass is 264 g/mol. The highest BCUT2D eigenvalue weighted by atomic mass is 16.1. The second-order valence-electron chi connectivity index (χ2n) is 5.96. The summed E-state index contributed by atoms with van der Waals surface area (Å²) in [7, 11) is 0. The molecule has 0 spiro atoms. The maximum atomic E-state index is 11.8.